The third-order valence-corrected chi connectivity index (χ3v) is 2.70. The first kappa shape index (κ1) is 23.1. The van der Waals surface area contributed by atoms with Crippen LogP contribution in [0.3, 0.4) is 0 Å². The lowest BCUT2D eigenvalue weighted by Crippen LogP contribution is -2.08. The Kier molecular flexibility index (Phi) is 7.68. The van der Waals surface area contributed by atoms with Crippen LogP contribution in [0, 0.1) is 0 Å². The minimum Gasteiger partial charge on any atom is -0.383 e. The minimum absolute atomic E-state index is 0.196. The molecule has 3 aromatic rings. The second-order valence-electron chi connectivity index (χ2n) is 4.96. The summed E-state index contributed by atoms with van der Waals surface area (Å²) in [7, 11) is -8.33. The van der Waals surface area contributed by atoms with Gasteiger partial charge in [0.05, 0.1) is 0 Å². The van der Waals surface area contributed by atoms with Crippen LogP contribution in [0.2, 0.25) is 0 Å². The van der Waals surface area contributed by atoms with Gasteiger partial charge in [-0.2, -0.15) is 21.8 Å². The van der Waals surface area contributed by atoms with Gasteiger partial charge < -0.3 is 11.5 Å². The summed E-state index contributed by atoms with van der Waals surface area (Å²) in [4.78, 5) is 12.3. The highest BCUT2D eigenvalue weighted by Crippen LogP contribution is 2.27. The molecule has 2 heterocycles. The molecule has 0 bridgehead atoms. The predicted molar refractivity (Wildman–Crippen MR) is 103 cm³/mol. The van der Waals surface area contributed by atoms with Crippen LogP contribution >= 0.6 is 0 Å². The number of benzene rings is 1. The van der Waals surface area contributed by atoms with Crippen LogP contribution in [-0.4, -0.2) is 40.9 Å². The number of pyridine rings is 1. The molecule has 0 radical (unpaired) electrons. The molecule has 1 aromatic carbocycles. The molecule has 0 aliphatic carbocycles. The van der Waals surface area contributed by atoms with Crippen LogP contribution in [0.4, 0.5) is 11.8 Å². The number of nitrogen functional groups attached to an aromatic ring is 2. The molecule has 2 aromatic heterocycles. The number of nitrogens with zero attached hydrogens (tertiary/aromatic N) is 3. The number of rotatable bonds is 1. The van der Waals surface area contributed by atoms with Gasteiger partial charge in [0.15, 0.2) is 5.65 Å². The van der Waals surface area contributed by atoms with E-state index in [0.717, 1.165) is 16.5 Å². The summed E-state index contributed by atoms with van der Waals surface area (Å²) in [6, 6.07) is 11.8. The molecule has 0 fully saturated rings. The molecular formula is C13H17N7O6S2. The molecule has 15 heteroatoms. The molecule has 0 saturated heterocycles. The zero-order chi connectivity index (χ0) is 21.5. The monoisotopic (exact) mass is 431 g/mol. The first-order chi connectivity index (χ1) is 12.7. The number of hydrogen-bond donors (Lipinski definition) is 6. The van der Waals surface area contributed by atoms with Crippen molar-refractivity contribution in [1.29, 1.82) is 0 Å². The lowest BCUT2D eigenvalue weighted by atomic mass is 10.1. The van der Waals surface area contributed by atoms with E-state index in [-0.39, 0.29) is 5.95 Å². The molecular weight excluding hydrogens is 414 g/mol. The summed E-state index contributed by atoms with van der Waals surface area (Å²) in [5.41, 5.74) is 13.9. The zero-order valence-corrected chi connectivity index (χ0v) is 15.7. The first-order valence-electron chi connectivity index (χ1n) is 6.98. The third kappa shape index (κ3) is 9.67. The van der Waals surface area contributed by atoms with E-state index in [4.69, 9.17) is 37.4 Å². The van der Waals surface area contributed by atoms with Crippen molar-refractivity contribution in [1.82, 2.24) is 15.0 Å². The predicted octanol–water partition coefficient (Wildman–Crippen LogP) is -0.648. The molecule has 152 valence electrons. The van der Waals surface area contributed by atoms with Crippen molar-refractivity contribution in [3.05, 3.63) is 42.6 Å². The van der Waals surface area contributed by atoms with E-state index in [9.17, 15) is 0 Å². The molecule has 10 N–H and O–H groups in total. The van der Waals surface area contributed by atoms with Gasteiger partial charge in [0.25, 0.3) is 0 Å². The molecule has 0 amide bonds. The second-order valence-corrected chi connectivity index (χ2v) is 7.02. The molecule has 0 saturated carbocycles. The van der Waals surface area contributed by atoms with Crippen molar-refractivity contribution in [3.8, 4) is 11.1 Å². The minimum atomic E-state index is -4.17. The van der Waals surface area contributed by atoms with Gasteiger partial charge in [0.1, 0.15) is 5.82 Å². The van der Waals surface area contributed by atoms with Gasteiger partial charge in [-0.15, -0.1) is 0 Å². The van der Waals surface area contributed by atoms with Crippen LogP contribution in [-0.2, 0) is 20.6 Å². The van der Waals surface area contributed by atoms with E-state index in [1.165, 1.54) is 0 Å². The van der Waals surface area contributed by atoms with E-state index >= 15 is 0 Å². The van der Waals surface area contributed by atoms with Crippen molar-refractivity contribution >= 4 is 43.4 Å². The van der Waals surface area contributed by atoms with E-state index in [0.29, 0.717) is 11.5 Å². The van der Waals surface area contributed by atoms with Gasteiger partial charge in [-0.25, -0.2) is 20.2 Å². The van der Waals surface area contributed by atoms with Gasteiger partial charge >= 0.3 is 20.6 Å². The highest BCUT2D eigenvalue weighted by Gasteiger charge is 2.07. The normalized spacial score (nSPS) is 11.0. The maximum Gasteiger partial charge on any atom is 0.330 e. The SMILES string of the molecule is NS(=O)(=O)O.NS(=O)(=O)O.Nc1ncc2cc(-c3ccccc3)c(N)nc2n1. The average molecular weight is 431 g/mol. The van der Waals surface area contributed by atoms with Crippen molar-refractivity contribution in [2.24, 2.45) is 10.3 Å². The Labute approximate surface area is 160 Å². The quantitative estimate of drug-likeness (QED) is 0.264. The fourth-order valence-corrected chi connectivity index (χ4v) is 1.84. The van der Waals surface area contributed by atoms with Gasteiger partial charge in [-0.3, -0.25) is 9.11 Å². The maximum atomic E-state index is 8.97. The lowest BCUT2D eigenvalue weighted by molar-refractivity contribution is 0.482. The van der Waals surface area contributed by atoms with Crippen molar-refractivity contribution in [2.45, 2.75) is 0 Å². The summed E-state index contributed by atoms with van der Waals surface area (Å²) in [6.45, 7) is 0. The summed E-state index contributed by atoms with van der Waals surface area (Å²) in [5.74, 6) is 0.633. The largest absolute Gasteiger partial charge is 0.383 e. The van der Waals surface area contributed by atoms with Crippen LogP contribution in [0.25, 0.3) is 22.2 Å². The first-order valence-corrected chi connectivity index (χ1v) is 9.99. The fraction of sp³-hybridized carbons (Fsp3) is 0. The standard InChI is InChI=1S/C13H11N5.2H3NO3S/c14-11-10(8-4-2-1-3-5-8)6-9-7-16-13(15)18-12(9)17-11;2*1-5(2,3)4/h1-7H,(H4,14,15,16,17,18);2*(H3,1,2,3,4). The molecule has 0 unspecified atom stereocenters. The summed E-state index contributed by atoms with van der Waals surface area (Å²) in [5, 5.41) is 8.58. The Morgan fingerprint density at radius 3 is 1.86 bits per heavy atom. The van der Waals surface area contributed by atoms with Gasteiger partial charge in [-0.05, 0) is 11.6 Å². The van der Waals surface area contributed by atoms with Gasteiger partial charge in [0, 0.05) is 17.1 Å². The molecule has 0 spiro atoms. The van der Waals surface area contributed by atoms with E-state index in [2.05, 4.69) is 25.2 Å². The molecule has 28 heavy (non-hydrogen) atoms. The Morgan fingerprint density at radius 1 is 0.857 bits per heavy atom. The number of nitrogens with two attached hydrogens (primary N) is 4. The Hall–Kier alpha value is -2.95. The van der Waals surface area contributed by atoms with Crippen molar-refractivity contribution in [3.63, 3.8) is 0 Å². The summed E-state index contributed by atoms with van der Waals surface area (Å²) in [6.07, 6.45) is 1.65. The molecule has 0 atom stereocenters. The second kappa shape index (κ2) is 9.31. The summed E-state index contributed by atoms with van der Waals surface area (Å²) >= 11 is 0. The van der Waals surface area contributed by atoms with Gasteiger partial charge in [-0.1, -0.05) is 30.3 Å². The average Bonchev–Trinajstić information content (AvgIpc) is 2.52. The summed E-state index contributed by atoms with van der Waals surface area (Å²) < 4.78 is 50.4. The van der Waals surface area contributed by atoms with Crippen molar-refractivity contribution in [2.75, 3.05) is 11.5 Å². The maximum absolute atomic E-state index is 8.97. The van der Waals surface area contributed by atoms with E-state index in [1.54, 1.807) is 6.20 Å². The Balaban J connectivity index is 0.000000329. The smallest absolute Gasteiger partial charge is 0.330 e. The Bertz CT molecular complexity index is 1110. The molecule has 3 rings (SSSR count). The molecule has 0 aliphatic rings. The number of fused-ring (bicyclic) bond motifs is 1. The zero-order valence-electron chi connectivity index (χ0n) is 14.0. The number of aromatic nitrogens is 3. The number of hydrogen-bond acceptors (Lipinski definition) is 9. The van der Waals surface area contributed by atoms with E-state index < -0.39 is 20.6 Å². The number of anilines is 2. The molecule has 0 aliphatic heterocycles. The van der Waals surface area contributed by atoms with Crippen LogP contribution in [0.5, 0.6) is 0 Å². The molecule has 13 nitrogen and oxygen atoms in total. The highest BCUT2D eigenvalue weighted by atomic mass is 32.2. The van der Waals surface area contributed by atoms with Crippen LogP contribution in [0.1, 0.15) is 0 Å². The highest BCUT2D eigenvalue weighted by molar-refractivity contribution is 7.83. The topological polar surface area (TPSA) is 251 Å². The van der Waals surface area contributed by atoms with E-state index in [1.807, 2.05) is 36.4 Å². The van der Waals surface area contributed by atoms with Crippen LogP contribution < -0.4 is 21.7 Å². The Morgan fingerprint density at radius 2 is 1.36 bits per heavy atom. The fourth-order valence-electron chi connectivity index (χ4n) is 1.84. The lowest BCUT2D eigenvalue weighted by Gasteiger charge is -2.06. The van der Waals surface area contributed by atoms with Crippen LogP contribution in [0.15, 0.2) is 42.6 Å². The van der Waals surface area contributed by atoms with Crippen molar-refractivity contribution < 1.29 is 25.9 Å². The third-order valence-electron chi connectivity index (χ3n) is 2.70. The van der Waals surface area contributed by atoms with Gasteiger partial charge in [0.2, 0.25) is 5.95 Å².